The summed E-state index contributed by atoms with van der Waals surface area (Å²) in [5.41, 5.74) is 6.64. The highest BCUT2D eigenvalue weighted by molar-refractivity contribution is 9.10. The number of hydrogen-bond donors (Lipinski definition) is 1. The molecule has 0 radical (unpaired) electrons. The molecule has 0 amide bonds. The van der Waals surface area contributed by atoms with E-state index in [2.05, 4.69) is 20.7 Å². The van der Waals surface area contributed by atoms with Gasteiger partial charge in [0, 0.05) is 16.2 Å². The van der Waals surface area contributed by atoms with E-state index >= 15 is 0 Å². The Morgan fingerprint density at radius 2 is 2.00 bits per heavy atom. The van der Waals surface area contributed by atoms with Crippen LogP contribution in [0.4, 0.5) is 5.69 Å². The zero-order chi connectivity index (χ0) is 16.4. The lowest BCUT2D eigenvalue weighted by molar-refractivity contribution is -0.141. The SMILES string of the molecule is COC(=O)CN(C(C)C)S(=O)(=O)c1cc(Br)cc(N)c1C. The molecule has 0 aliphatic rings. The number of nitrogens with two attached hydrogens (primary N) is 1. The maximum atomic E-state index is 12.8. The molecule has 1 rings (SSSR count). The van der Waals surface area contributed by atoms with Crippen LogP contribution < -0.4 is 5.73 Å². The van der Waals surface area contributed by atoms with Crippen molar-refractivity contribution in [1.82, 2.24) is 4.31 Å². The van der Waals surface area contributed by atoms with Gasteiger partial charge in [0.1, 0.15) is 6.54 Å². The van der Waals surface area contributed by atoms with E-state index in [-0.39, 0.29) is 11.4 Å². The molecule has 8 heteroatoms. The Bertz CT molecular complexity index is 644. The van der Waals surface area contributed by atoms with Gasteiger partial charge in [0.25, 0.3) is 0 Å². The highest BCUT2D eigenvalue weighted by atomic mass is 79.9. The average molecular weight is 379 g/mol. The summed E-state index contributed by atoms with van der Waals surface area (Å²) in [6, 6.07) is 2.72. The molecule has 1 aromatic rings. The summed E-state index contributed by atoms with van der Waals surface area (Å²) in [5, 5.41) is 0. The van der Waals surface area contributed by atoms with Crippen molar-refractivity contribution in [3.63, 3.8) is 0 Å². The summed E-state index contributed by atoms with van der Waals surface area (Å²) in [4.78, 5) is 11.5. The van der Waals surface area contributed by atoms with Crippen molar-refractivity contribution in [3.05, 3.63) is 22.2 Å². The number of benzene rings is 1. The fourth-order valence-electron chi connectivity index (χ4n) is 1.81. The summed E-state index contributed by atoms with van der Waals surface area (Å²) in [6.45, 7) is 4.67. The van der Waals surface area contributed by atoms with Gasteiger partial charge in [0.05, 0.1) is 12.0 Å². The van der Waals surface area contributed by atoms with Gasteiger partial charge in [-0.3, -0.25) is 4.79 Å². The van der Waals surface area contributed by atoms with E-state index in [1.165, 1.54) is 13.2 Å². The second kappa shape index (κ2) is 6.76. The number of carbonyl (C=O) groups excluding carboxylic acids is 1. The maximum absolute atomic E-state index is 12.8. The van der Waals surface area contributed by atoms with E-state index in [9.17, 15) is 13.2 Å². The minimum absolute atomic E-state index is 0.0759. The van der Waals surface area contributed by atoms with Gasteiger partial charge >= 0.3 is 5.97 Å². The van der Waals surface area contributed by atoms with E-state index in [0.717, 1.165) is 4.31 Å². The number of hydrogen-bond acceptors (Lipinski definition) is 5. The van der Waals surface area contributed by atoms with Crippen LogP contribution in [0, 0.1) is 6.92 Å². The first-order valence-corrected chi connectivity index (χ1v) is 8.48. The van der Waals surface area contributed by atoms with E-state index in [4.69, 9.17) is 5.73 Å². The van der Waals surface area contributed by atoms with Gasteiger partial charge in [-0.05, 0) is 38.5 Å². The number of rotatable bonds is 5. The third-order valence-electron chi connectivity index (χ3n) is 3.04. The predicted octanol–water partition coefficient (Wildman–Crippen LogP) is 1.91. The van der Waals surface area contributed by atoms with Gasteiger partial charge in [0.15, 0.2) is 0 Å². The summed E-state index contributed by atoms with van der Waals surface area (Å²) in [6.07, 6.45) is 0. The number of halogens is 1. The van der Waals surface area contributed by atoms with Crippen molar-refractivity contribution in [3.8, 4) is 0 Å². The normalized spacial score (nSPS) is 12.0. The van der Waals surface area contributed by atoms with Crippen LogP contribution in [0.25, 0.3) is 0 Å². The lowest BCUT2D eigenvalue weighted by atomic mass is 10.2. The summed E-state index contributed by atoms with van der Waals surface area (Å²) in [7, 11) is -2.64. The standard InChI is InChI=1S/C13H19BrN2O4S/c1-8(2)16(7-13(17)20-4)21(18,19)12-6-10(14)5-11(15)9(12)3/h5-6,8H,7,15H2,1-4H3. The second-order valence-corrected chi connectivity index (χ2v) is 7.61. The zero-order valence-electron chi connectivity index (χ0n) is 12.4. The van der Waals surface area contributed by atoms with Crippen molar-refractivity contribution in [2.24, 2.45) is 0 Å². The molecular weight excluding hydrogens is 360 g/mol. The Labute approximate surface area is 133 Å². The first-order valence-electron chi connectivity index (χ1n) is 6.25. The monoisotopic (exact) mass is 378 g/mol. The molecule has 0 aliphatic carbocycles. The van der Waals surface area contributed by atoms with Gasteiger partial charge in [0.2, 0.25) is 10.0 Å². The van der Waals surface area contributed by atoms with Crippen molar-refractivity contribution < 1.29 is 17.9 Å². The largest absolute Gasteiger partial charge is 0.468 e. The molecule has 0 atom stereocenters. The highest BCUT2D eigenvalue weighted by Crippen LogP contribution is 2.29. The lowest BCUT2D eigenvalue weighted by Crippen LogP contribution is -2.41. The minimum atomic E-state index is -3.86. The van der Waals surface area contributed by atoms with Gasteiger partial charge in [-0.1, -0.05) is 15.9 Å². The maximum Gasteiger partial charge on any atom is 0.321 e. The number of nitrogen functional groups attached to an aromatic ring is 1. The molecule has 6 nitrogen and oxygen atoms in total. The zero-order valence-corrected chi connectivity index (χ0v) is 14.8. The third-order valence-corrected chi connectivity index (χ3v) is 5.65. The number of esters is 1. The Balaban J connectivity index is 3.40. The fourth-order valence-corrected chi connectivity index (χ4v) is 4.30. The van der Waals surface area contributed by atoms with E-state index in [0.29, 0.717) is 15.7 Å². The van der Waals surface area contributed by atoms with E-state index in [1.54, 1.807) is 26.8 Å². The van der Waals surface area contributed by atoms with Crippen LogP contribution in [-0.2, 0) is 19.6 Å². The van der Waals surface area contributed by atoms with E-state index < -0.39 is 22.0 Å². The van der Waals surface area contributed by atoms with Crippen molar-refractivity contribution in [2.45, 2.75) is 31.7 Å². The number of methoxy groups -OCH3 is 1. The molecule has 0 fully saturated rings. The highest BCUT2D eigenvalue weighted by Gasteiger charge is 2.31. The molecule has 0 unspecified atom stereocenters. The van der Waals surface area contributed by atoms with Crippen molar-refractivity contribution in [1.29, 1.82) is 0 Å². The third kappa shape index (κ3) is 3.96. The molecule has 0 bridgehead atoms. The number of ether oxygens (including phenoxy) is 1. The van der Waals surface area contributed by atoms with Gasteiger partial charge in [-0.25, -0.2) is 8.42 Å². The van der Waals surface area contributed by atoms with Crippen LogP contribution in [-0.4, -0.2) is 38.4 Å². The van der Waals surface area contributed by atoms with Crippen LogP contribution in [0.1, 0.15) is 19.4 Å². The molecule has 2 N–H and O–H groups in total. The number of nitrogens with zero attached hydrogens (tertiary/aromatic N) is 1. The Morgan fingerprint density at radius 3 is 2.48 bits per heavy atom. The lowest BCUT2D eigenvalue weighted by Gasteiger charge is -2.26. The molecule has 0 saturated heterocycles. The van der Waals surface area contributed by atoms with Crippen molar-refractivity contribution in [2.75, 3.05) is 19.4 Å². The topological polar surface area (TPSA) is 89.7 Å². The van der Waals surface area contributed by atoms with Crippen LogP contribution >= 0.6 is 15.9 Å². The van der Waals surface area contributed by atoms with Gasteiger partial charge < -0.3 is 10.5 Å². The fraction of sp³-hybridized carbons (Fsp3) is 0.462. The van der Waals surface area contributed by atoms with Crippen molar-refractivity contribution >= 4 is 37.6 Å². The second-order valence-electron chi connectivity index (χ2n) is 4.84. The molecule has 0 aliphatic heterocycles. The Hall–Kier alpha value is -1.12. The first-order chi connectivity index (χ1) is 9.61. The number of sulfonamides is 1. The van der Waals surface area contributed by atoms with Gasteiger partial charge in [-0.15, -0.1) is 0 Å². The first kappa shape index (κ1) is 17.9. The summed E-state index contributed by atoms with van der Waals surface area (Å²) < 4.78 is 31.8. The molecule has 21 heavy (non-hydrogen) atoms. The quantitative estimate of drug-likeness (QED) is 0.624. The van der Waals surface area contributed by atoms with Crippen LogP contribution in [0.5, 0.6) is 0 Å². The Morgan fingerprint density at radius 1 is 1.43 bits per heavy atom. The number of anilines is 1. The molecule has 1 aromatic carbocycles. The molecule has 0 spiro atoms. The van der Waals surface area contributed by atoms with Crippen LogP contribution in [0.2, 0.25) is 0 Å². The molecule has 0 heterocycles. The van der Waals surface area contributed by atoms with E-state index in [1.807, 2.05) is 0 Å². The predicted molar refractivity (Wildman–Crippen MR) is 84.3 cm³/mol. The van der Waals surface area contributed by atoms with Crippen LogP contribution in [0.15, 0.2) is 21.5 Å². The minimum Gasteiger partial charge on any atom is -0.468 e. The molecule has 0 saturated carbocycles. The molecule has 0 aromatic heterocycles. The average Bonchev–Trinajstić information content (AvgIpc) is 2.38. The van der Waals surface area contributed by atoms with Crippen LogP contribution in [0.3, 0.4) is 0 Å². The Kier molecular flexibility index (Phi) is 5.77. The molecule has 118 valence electrons. The number of carbonyl (C=O) groups is 1. The summed E-state index contributed by atoms with van der Waals surface area (Å²) >= 11 is 3.24. The van der Waals surface area contributed by atoms with Gasteiger partial charge in [-0.2, -0.15) is 4.31 Å². The summed E-state index contributed by atoms with van der Waals surface area (Å²) in [5.74, 6) is -0.618. The molecular formula is C13H19BrN2O4S. The smallest absolute Gasteiger partial charge is 0.321 e.